The predicted molar refractivity (Wildman–Crippen MR) is 86.8 cm³/mol. The third-order valence-corrected chi connectivity index (χ3v) is 4.87. The van der Waals surface area contributed by atoms with Crippen LogP contribution in [0, 0.1) is 5.82 Å². The third kappa shape index (κ3) is 3.82. The molecule has 2 atom stereocenters. The second kappa shape index (κ2) is 7.27. The second-order valence-corrected chi connectivity index (χ2v) is 6.40. The van der Waals surface area contributed by atoms with Crippen LogP contribution >= 0.6 is 0 Å². The summed E-state index contributed by atoms with van der Waals surface area (Å²) >= 11 is 0. The summed E-state index contributed by atoms with van der Waals surface area (Å²) in [5, 5.41) is 12.2. The number of carbonyl (C=O) groups is 1. The van der Waals surface area contributed by atoms with E-state index >= 15 is 0 Å². The van der Waals surface area contributed by atoms with Crippen LogP contribution in [0.2, 0.25) is 0 Å². The number of urea groups is 1. The molecule has 0 saturated carbocycles. The monoisotopic (exact) mass is 321 g/mol. The average Bonchev–Trinajstić information content (AvgIpc) is 3.16. The minimum atomic E-state index is -0.358. The summed E-state index contributed by atoms with van der Waals surface area (Å²) in [5.41, 5.74) is 0.482. The maximum atomic E-state index is 13.2. The quantitative estimate of drug-likeness (QED) is 0.894. The molecular weight excluding hydrogens is 297 g/mol. The van der Waals surface area contributed by atoms with Crippen LogP contribution in [0.25, 0.3) is 0 Å². The van der Waals surface area contributed by atoms with Gasteiger partial charge in [-0.2, -0.15) is 0 Å². The first kappa shape index (κ1) is 16.2. The van der Waals surface area contributed by atoms with Crippen molar-refractivity contribution < 1.29 is 14.3 Å². The molecule has 0 bridgehead atoms. The van der Waals surface area contributed by atoms with Gasteiger partial charge in [-0.05, 0) is 50.4 Å². The van der Waals surface area contributed by atoms with E-state index in [1.807, 2.05) is 4.90 Å². The Hall–Kier alpha value is -1.66. The molecule has 0 spiro atoms. The number of aliphatic hydroxyl groups is 1. The van der Waals surface area contributed by atoms with Crippen molar-refractivity contribution in [1.82, 2.24) is 9.80 Å². The number of carbonyl (C=O) groups excluding carboxylic acids is 1. The molecule has 2 saturated heterocycles. The van der Waals surface area contributed by atoms with E-state index in [-0.39, 0.29) is 30.5 Å². The van der Waals surface area contributed by atoms with Crippen molar-refractivity contribution >= 4 is 11.7 Å². The number of hydrogen-bond donors (Lipinski definition) is 2. The van der Waals surface area contributed by atoms with Gasteiger partial charge in [0.2, 0.25) is 0 Å². The molecule has 126 valence electrons. The molecule has 0 radical (unpaired) electrons. The topological polar surface area (TPSA) is 55.8 Å². The first-order chi connectivity index (χ1) is 11.2. The van der Waals surface area contributed by atoms with Crippen LogP contribution in [0.4, 0.5) is 14.9 Å². The van der Waals surface area contributed by atoms with Crippen molar-refractivity contribution in [2.24, 2.45) is 0 Å². The zero-order chi connectivity index (χ0) is 16.2. The number of aliphatic hydroxyl groups excluding tert-OH is 1. The van der Waals surface area contributed by atoms with Gasteiger partial charge in [0.25, 0.3) is 0 Å². The highest BCUT2D eigenvalue weighted by molar-refractivity contribution is 5.89. The van der Waals surface area contributed by atoms with Gasteiger partial charge in [-0.3, -0.25) is 4.90 Å². The maximum absolute atomic E-state index is 13.2. The molecule has 2 aliphatic rings. The normalized spacial score (nSPS) is 25.0. The molecule has 2 aliphatic heterocycles. The molecule has 3 rings (SSSR count). The molecule has 5 nitrogen and oxygen atoms in total. The van der Waals surface area contributed by atoms with Crippen LogP contribution in [0.3, 0.4) is 0 Å². The van der Waals surface area contributed by atoms with E-state index in [4.69, 9.17) is 0 Å². The fourth-order valence-corrected chi connectivity index (χ4v) is 3.67. The number of benzene rings is 1. The van der Waals surface area contributed by atoms with Gasteiger partial charge >= 0.3 is 6.03 Å². The van der Waals surface area contributed by atoms with Crippen LogP contribution in [0.1, 0.15) is 25.7 Å². The first-order valence-corrected chi connectivity index (χ1v) is 8.35. The summed E-state index contributed by atoms with van der Waals surface area (Å²) in [6.45, 7) is 2.70. The number of nitrogens with zero attached hydrogens (tertiary/aromatic N) is 2. The van der Waals surface area contributed by atoms with Crippen LogP contribution in [0.5, 0.6) is 0 Å². The number of anilines is 1. The molecule has 1 aromatic rings. The van der Waals surface area contributed by atoms with Crippen molar-refractivity contribution in [3.05, 3.63) is 30.1 Å². The summed E-state index contributed by atoms with van der Waals surface area (Å²) in [4.78, 5) is 16.6. The highest BCUT2D eigenvalue weighted by atomic mass is 19.1. The molecule has 0 aliphatic carbocycles. The van der Waals surface area contributed by atoms with Crippen LogP contribution in [0.15, 0.2) is 24.3 Å². The van der Waals surface area contributed by atoms with Crippen LogP contribution < -0.4 is 5.32 Å². The van der Waals surface area contributed by atoms with E-state index in [1.54, 1.807) is 12.1 Å². The number of nitrogens with one attached hydrogen (secondary N) is 1. The van der Waals surface area contributed by atoms with Gasteiger partial charge in [0.15, 0.2) is 0 Å². The SMILES string of the molecule is O=C(Nc1cccc(F)c1)N1CCCC1CN1CCCC1CO. The molecule has 1 aromatic carbocycles. The minimum absolute atomic E-state index is 0.163. The lowest BCUT2D eigenvalue weighted by Crippen LogP contribution is -2.46. The molecule has 0 aromatic heterocycles. The standard InChI is InChI=1S/C17H24FN3O2/c18-13-4-1-5-14(10-13)19-17(23)21-9-3-6-15(21)11-20-8-2-7-16(20)12-22/h1,4-5,10,15-16,22H,2-3,6-9,11-12H2,(H,19,23). The van der Waals surface area contributed by atoms with Crippen molar-refractivity contribution in [3.8, 4) is 0 Å². The van der Waals surface area contributed by atoms with Crippen molar-refractivity contribution in [2.75, 3.05) is 31.6 Å². The molecule has 6 heteroatoms. The van der Waals surface area contributed by atoms with Crippen molar-refractivity contribution in [2.45, 2.75) is 37.8 Å². The number of likely N-dealkylation sites (tertiary alicyclic amines) is 2. The number of hydrogen-bond acceptors (Lipinski definition) is 3. The van der Waals surface area contributed by atoms with E-state index in [9.17, 15) is 14.3 Å². The summed E-state index contributed by atoms with van der Waals surface area (Å²) in [6.07, 6.45) is 4.09. The van der Waals surface area contributed by atoms with Gasteiger partial charge in [0.05, 0.1) is 6.61 Å². The Bertz CT molecular complexity index is 554. The fraction of sp³-hybridized carbons (Fsp3) is 0.588. The summed E-state index contributed by atoms with van der Waals surface area (Å²) in [7, 11) is 0. The van der Waals surface area contributed by atoms with Crippen molar-refractivity contribution in [1.29, 1.82) is 0 Å². The number of rotatable bonds is 4. The maximum Gasteiger partial charge on any atom is 0.322 e. The van der Waals surface area contributed by atoms with Gasteiger partial charge in [-0.1, -0.05) is 6.07 Å². The molecule has 23 heavy (non-hydrogen) atoms. The highest BCUT2D eigenvalue weighted by Gasteiger charge is 2.33. The lowest BCUT2D eigenvalue weighted by molar-refractivity contribution is 0.130. The Morgan fingerprint density at radius 2 is 2.04 bits per heavy atom. The highest BCUT2D eigenvalue weighted by Crippen LogP contribution is 2.24. The zero-order valence-electron chi connectivity index (χ0n) is 13.2. The van der Waals surface area contributed by atoms with Crippen molar-refractivity contribution in [3.63, 3.8) is 0 Å². The Balaban J connectivity index is 1.60. The Morgan fingerprint density at radius 1 is 1.26 bits per heavy atom. The molecule has 2 heterocycles. The van der Waals surface area contributed by atoms with E-state index in [2.05, 4.69) is 10.2 Å². The van der Waals surface area contributed by atoms with Crippen LogP contribution in [-0.2, 0) is 0 Å². The third-order valence-electron chi connectivity index (χ3n) is 4.87. The van der Waals surface area contributed by atoms with E-state index in [1.165, 1.54) is 12.1 Å². The Labute approximate surface area is 136 Å². The molecule has 2 fully saturated rings. The smallest absolute Gasteiger partial charge is 0.322 e. The lowest BCUT2D eigenvalue weighted by atomic mass is 10.2. The second-order valence-electron chi connectivity index (χ2n) is 6.40. The predicted octanol–water partition coefficient (Wildman–Crippen LogP) is 2.28. The molecular formula is C17H24FN3O2. The number of amides is 2. The van der Waals surface area contributed by atoms with E-state index < -0.39 is 0 Å². The van der Waals surface area contributed by atoms with Gasteiger partial charge in [-0.25, -0.2) is 9.18 Å². The minimum Gasteiger partial charge on any atom is -0.395 e. The number of halogens is 1. The molecule has 2 amide bonds. The zero-order valence-corrected chi connectivity index (χ0v) is 13.2. The van der Waals surface area contributed by atoms with Gasteiger partial charge in [0, 0.05) is 30.9 Å². The average molecular weight is 321 g/mol. The van der Waals surface area contributed by atoms with Gasteiger partial charge < -0.3 is 15.3 Å². The first-order valence-electron chi connectivity index (χ1n) is 8.35. The van der Waals surface area contributed by atoms with Crippen LogP contribution in [-0.4, -0.2) is 59.3 Å². The Morgan fingerprint density at radius 3 is 2.83 bits per heavy atom. The summed E-state index contributed by atoms with van der Waals surface area (Å²) < 4.78 is 13.2. The van der Waals surface area contributed by atoms with E-state index in [0.717, 1.165) is 45.3 Å². The largest absolute Gasteiger partial charge is 0.395 e. The van der Waals surface area contributed by atoms with Gasteiger partial charge in [-0.15, -0.1) is 0 Å². The fourth-order valence-electron chi connectivity index (χ4n) is 3.67. The molecule has 2 N–H and O–H groups in total. The van der Waals surface area contributed by atoms with Gasteiger partial charge in [0.1, 0.15) is 5.82 Å². The summed E-state index contributed by atoms with van der Waals surface area (Å²) in [6, 6.07) is 6.18. The molecule has 2 unspecified atom stereocenters. The summed E-state index contributed by atoms with van der Waals surface area (Å²) in [5.74, 6) is -0.358. The van der Waals surface area contributed by atoms with E-state index in [0.29, 0.717) is 5.69 Å². The Kier molecular flexibility index (Phi) is 5.13. The lowest BCUT2D eigenvalue weighted by Gasteiger charge is -2.31.